The summed E-state index contributed by atoms with van der Waals surface area (Å²) in [5.41, 5.74) is -0.205. The number of rotatable bonds is 2. The lowest BCUT2D eigenvalue weighted by atomic mass is 9.99. The quantitative estimate of drug-likeness (QED) is 0.675. The Morgan fingerprint density at radius 2 is 2.25 bits per heavy atom. The Hall–Kier alpha value is -0.620. The van der Waals surface area contributed by atoms with E-state index in [9.17, 15) is 13.2 Å². The molecule has 2 rings (SSSR count). The summed E-state index contributed by atoms with van der Waals surface area (Å²) in [6.45, 7) is 3.66. The highest BCUT2D eigenvalue weighted by molar-refractivity contribution is 7.91. The van der Waals surface area contributed by atoms with Gasteiger partial charge in [-0.2, -0.15) is 0 Å². The molecule has 5 nitrogen and oxygen atoms in total. The predicted octanol–water partition coefficient (Wildman–Crippen LogP) is -0.711. The van der Waals surface area contributed by atoms with Gasteiger partial charge in [0.1, 0.15) is 0 Å². The molecule has 2 saturated heterocycles. The van der Waals surface area contributed by atoms with Crippen molar-refractivity contribution in [3.8, 4) is 0 Å². The topological polar surface area (TPSA) is 75.3 Å². The Morgan fingerprint density at radius 3 is 2.75 bits per heavy atom. The Balaban J connectivity index is 1.94. The molecule has 0 aromatic rings. The molecule has 1 amide bonds. The molecule has 16 heavy (non-hydrogen) atoms. The zero-order valence-electron chi connectivity index (χ0n) is 9.45. The summed E-state index contributed by atoms with van der Waals surface area (Å²) in [6.07, 6.45) is 1.37. The van der Waals surface area contributed by atoms with E-state index in [2.05, 4.69) is 10.6 Å². The maximum atomic E-state index is 11.9. The Kier molecular flexibility index (Phi) is 2.96. The monoisotopic (exact) mass is 246 g/mol. The van der Waals surface area contributed by atoms with Crippen LogP contribution in [0.25, 0.3) is 0 Å². The third-order valence-electron chi connectivity index (χ3n) is 3.40. The van der Waals surface area contributed by atoms with Gasteiger partial charge in [-0.1, -0.05) is 0 Å². The molecular weight excluding hydrogens is 228 g/mol. The zero-order chi connectivity index (χ0) is 11.8. The Morgan fingerprint density at radius 1 is 1.50 bits per heavy atom. The number of amides is 1. The van der Waals surface area contributed by atoms with Crippen LogP contribution in [-0.4, -0.2) is 44.5 Å². The first-order valence-electron chi connectivity index (χ1n) is 5.63. The second-order valence-corrected chi connectivity index (χ2v) is 7.31. The van der Waals surface area contributed by atoms with Crippen molar-refractivity contribution >= 4 is 15.7 Å². The molecule has 0 radical (unpaired) electrons. The Bertz CT molecular complexity index is 385. The van der Waals surface area contributed by atoms with Crippen LogP contribution in [0.1, 0.15) is 19.8 Å². The molecule has 2 aliphatic heterocycles. The maximum Gasteiger partial charge on any atom is 0.224 e. The molecule has 2 N–H and O–H groups in total. The number of sulfone groups is 1. The summed E-state index contributed by atoms with van der Waals surface area (Å²) in [5.74, 6) is -0.280. The molecule has 2 aliphatic rings. The molecule has 92 valence electrons. The highest BCUT2D eigenvalue weighted by atomic mass is 32.2. The van der Waals surface area contributed by atoms with Gasteiger partial charge in [-0.3, -0.25) is 4.79 Å². The lowest BCUT2D eigenvalue weighted by Crippen LogP contribution is -2.49. The number of carbonyl (C=O) groups is 1. The Labute approximate surface area is 95.9 Å². The summed E-state index contributed by atoms with van der Waals surface area (Å²) in [5, 5.41) is 6.16. The highest BCUT2D eigenvalue weighted by Crippen LogP contribution is 2.21. The molecule has 0 bridgehead atoms. The van der Waals surface area contributed by atoms with Crippen molar-refractivity contribution in [1.29, 1.82) is 0 Å². The first kappa shape index (κ1) is 11.9. The van der Waals surface area contributed by atoms with Gasteiger partial charge in [-0.25, -0.2) is 8.42 Å². The van der Waals surface area contributed by atoms with Gasteiger partial charge in [0.15, 0.2) is 9.84 Å². The van der Waals surface area contributed by atoms with Crippen molar-refractivity contribution in [1.82, 2.24) is 10.6 Å². The van der Waals surface area contributed by atoms with Gasteiger partial charge in [0.25, 0.3) is 0 Å². The van der Waals surface area contributed by atoms with Gasteiger partial charge in [0.05, 0.1) is 23.0 Å². The van der Waals surface area contributed by atoms with Crippen LogP contribution in [0.2, 0.25) is 0 Å². The van der Waals surface area contributed by atoms with Crippen LogP contribution in [0.4, 0.5) is 0 Å². The minimum absolute atomic E-state index is 0.0162. The van der Waals surface area contributed by atoms with E-state index in [0.29, 0.717) is 6.42 Å². The number of hydrogen-bond donors (Lipinski definition) is 2. The largest absolute Gasteiger partial charge is 0.349 e. The minimum Gasteiger partial charge on any atom is -0.349 e. The van der Waals surface area contributed by atoms with Crippen molar-refractivity contribution in [2.24, 2.45) is 5.92 Å². The van der Waals surface area contributed by atoms with Gasteiger partial charge < -0.3 is 10.6 Å². The van der Waals surface area contributed by atoms with Crippen molar-refractivity contribution in [3.05, 3.63) is 0 Å². The van der Waals surface area contributed by atoms with Crippen LogP contribution in [0.15, 0.2) is 0 Å². The first-order chi connectivity index (χ1) is 7.40. The van der Waals surface area contributed by atoms with Crippen molar-refractivity contribution in [2.45, 2.75) is 25.3 Å². The van der Waals surface area contributed by atoms with Gasteiger partial charge in [-0.05, 0) is 26.3 Å². The normalized spacial score (nSPS) is 37.4. The van der Waals surface area contributed by atoms with Gasteiger partial charge >= 0.3 is 0 Å². The van der Waals surface area contributed by atoms with Crippen LogP contribution in [0, 0.1) is 5.92 Å². The van der Waals surface area contributed by atoms with E-state index in [0.717, 1.165) is 19.5 Å². The first-order valence-corrected chi connectivity index (χ1v) is 7.46. The fourth-order valence-corrected chi connectivity index (χ4v) is 4.07. The van der Waals surface area contributed by atoms with Gasteiger partial charge in [0.2, 0.25) is 5.91 Å². The second-order valence-electron chi connectivity index (χ2n) is 5.08. The number of hydrogen-bond acceptors (Lipinski definition) is 4. The fourth-order valence-electron chi connectivity index (χ4n) is 2.32. The number of carbonyl (C=O) groups excluding carboxylic acids is 1. The highest BCUT2D eigenvalue weighted by Gasteiger charge is 2.37. The smallest absolute Gasteiger partial charge is 0.224 e. The van der Waals surface area contributed by atoms with Gasteiger partial charge in [0, 0.05) is 6.54 Å². The molecule has 2 unspecified atom stereocenters. The minimum atomic E-state index is -2.97. The summed E-state index contributed by atoms with van der Waals surface area (Å²) in [4.78, 5) is 11.9. The molecule has 0 saturated carbocycles. The van der Waals surface area contributed by atoms with Gasteiger partial charge in [-0.15, -0.1) is 0 Å². The van der Waals surface area contributed by atoms with Crippen molar-refractivity contribution < 1.29 is 13.2 Å². The molecule has 0 aromatic carbocycles. The fraction of sp³-hybridized carbons (Fsp3) is 0.900. The van der Waals surface area contributed by atoms with Crippen LogP contribution in [-0.2, 0) is 14.6 Å². The van der Waals surface area contributed by atoms with E-state index in [4.69, 9.17) is 0 Å². The maximum absolute atomic E-state index is 11.9. The van der Waals surface area contributed by atoms with Crippen LogP contribution < -0.4 is 10.6 Å². The van der Waals surface area contributed by atoms with E-state index >= 15 is 0 Å². The summed E-state index contributed by atoms with van der Waals surface area (Å²) >= 11 is 0. The van der Waals surface area contributed by atoms with E-state index < -0.39 is 9.84 Å². The van der Waals surface area contributed by atoms with E-state index in [1.54, 1.807) is 0 Å². The second kappa shape index (κ2) is 4.00. The molecule has 2 fully saturated rings. The lowest BCUT2D eigenvalue weighted by Gasteiger charge is -2.26. The molecular formula is C10H18N2O3S. The molecule has 2 atom stereocenters. The molecule has 0 spiro atoms. The third kappa shape index (κ3) is 2.55. The number of nitrogens with one attached hydrogen (secondary N) is 2. The SMILES string of the molecule is CC1(NC(=O)C2CCS(=O)(=O)C2)CCNC1. The summed E-state index contributed by atoms with van der Waals surface area (Å²) < 4.78 is 22.5. The zero-order valence-corrected chi connectivity index (χ0v) is 10.3. The lowest BCUT2D eigenvalue weighted by molar-refractivity contribution is -0.125. The molecule has 2 heterocycles. The average molecular weight is 246 g/mol. The van der Waals surface area contributed by atoms with Crippen LogP contribution >= 0.6 is 0 Å². The van der Waals surface area contributed by atoms with E-state index in [-0.39, 0.29) is 28.9 Å². The van der Waals surface area contributed by atoms with Crippen LogP contribution in [0.3, 0.4) is 0 Å². The van der Waals surface area contributed by atoms with Crippen LogP contribution in [0.5, 0.6) is 0 Å². The summed E-state index contributed by atoms with van der Waals surface area (Å²) in [6, 6.07) is 0. The molecule has 0 aromatic heterocycles. The molecule has 0 aliphatic carbocycles. The predicted molar refractivity (Wildman–Crippen MR) is 60.8 cm³/mol. The standard InChI is InChI=1S/C10H18N2O3S/c1-10(3-4-11-7-10)12-9(13)8-2-5-16(14,15)6-8/h8,11H,2-7H2,1H3,(H,12,13). The molecule has 6 heteroatoms. The average Bonchev–Trinajstić information content (AvgIpc) is 2.72. The van der Waals surface area contributed by atoms with E-state index in [1.165, 1.54) is 0 Å². The third-order valence-corrected chi connectivity index (χ3v) is 5.16. The van der Waals surface area contributed by atoms with Crippen molar-refractivity contribution in [3.63, 3.8) is 0 Å². The van der Waals surface area contributed by atoms with Crippen molar-refractivity contribution in [2.75, 3.05) is 24.6 Å². The van der Waals surface area contributed by atoms with E-state index in [1.807, 2.05) is 6.92 Å². The summed E-state index contributed by atoms with van der Waals surface area (Å²) in [7, 11) is -2.97.